The van der Waals surface area contributed by atoms with E-state index in [4.69, 9.17) is 11.6 Å². The molecule has 0 fully saturated rings. The molecular weight excluding hydrogens is 254 g/mol. The summed E-state index contributed by atoms with van der Waals surface area (Å²) in [4.78, 5) is 0. The quantitative estimate of drug-likeness (QED) is 0.221. The van der Waals surface area contributed by atoms with Gasteiger partial charge in [0.15, 0.2) is 0 Å². The van der Waals surface area contributed by atoms with E-state index in [9.17, 15) is 0 Å². The van der Waals surface area contributed by atoms with Crippen LogP contribution in [0.15, 0.2) is 0 Å². The van der Waals surface area contributed by atoms with Crippen LogP contribution in [0.5, 0.6) is 0 Å². The maximum Gasteiger partial charge on any atom is 0.0794 e. The largest absolute Gasteiger partial charge is 0.328 e. The number of unbranched alkanes of at least 4 members (excludes halogenated alkanes) is 9. The van der Waals surface area contributed by atoms with E-state index < -0.39 is 0 Å². The smallest absolute Gasteiger partial charge is 0.0794 e. The van der Waals surface area contributed by atoms with Crippen molar-refractivity contribution in [2.75, 3.05) is 33.1 Å². The van der Waals surface area contributed by atoms with Gasteiger partial charge in [-0.05, 0) is 12.8 Å². The Morgan fingerprint density at radius 1 is 0.632 bits per heavy atom. The highest BCUT2D eigenvalue weighted by molar-refractivity contribution is 6.17. The van der Waals surface area contributed by atoms with Gasteiger partial charge < -0.3 is 4.48 Å². The molecule has 0 atom stereocenters. The second kappa shape index (κ2) is 13.2. The highest BCUT2D eigenvalue weighted by Gasteiger charge is 2.12. The van der Waals surface area contributed by atoms with Crippen molar-refractivity contribution in [3.63, 3.8) is 0 Å². The molecule has 0 aromatic rings. The molecule has 116 valence electrons. The SMILES string of the molecule is CCCCCCCCCCCC[N+](C)(C)CCCCl. The van der Waals surface area contributed by atoms with Gasteiger partial charge in [-0.2, -0.15) is 0 Å². The summed E-state index contributed by atoms with van der Waals surface area (Å²) in [5.74, 6) is 0.805. The fourth-order valence-electron chi connectivity index (χ4n) is 2.63. The van der Waals surface area contributed by atoms with Gasteiger partial charge in [0.05, 0.1) is 27.2 Å². The van der Waals surface area contributed by atoms with Crippen LogP contribution in [0.2, 0.25) is 0 Å². The molecule has 0 amide bonds. The predicted octanol–water partition coefficient (Wildman–Crippen LogP) is 5.61. The molecule has 0 heterocycles. The van der Waals surface area contributed by atoms with E-state index in [0.29, 0.717) is 0 Å². The van der Waals surface area contributed by atoms with E-state index in [1.54, 1.807) is 0 Å². The molecule has 0 N–H and O–H groups in total. The number of quaternary nitrogens is 1. The van der Waals surface area contributed by atoms with Crippen LogP contribution < -0.4 is 0 Å². The van der Waals surface area contributed by atoms with Gasteiger partial charge in [-0.3, -0.25) is 0 Å². The van der Waals surface area contributed by atoms with Crippen LogP contribution >= 0.6 is 11.6 Å². The van der Waals surface area contributed by atoms with E-state index >= 15 is 0 Å². The summed E-state index contributed by atoms with van der Waals surface area (Å²) >= 11 is 5.76. The maximum atomic E-state index is 5.76. The van der Waals surface area contributed by atoms with Crippen LogP contribution in [0.4, 0.5) is 0 Å². The number of rotatable bonds is 14. The first kappa shape index (κ1) is 19.2. The zero-order valence-corrected chi connectivity index (χ0v) is 14.5. The highest BCUT2D eigenvalue weighted by atomic mass is 35.5. The zero-order valence-electron chi connectivity index (χ0n) is 13.7. The van der Waals surface area contributed by atoms with Crippen molar-refractivity contribution in [2.24, 2.45) is 0 Å². The summed E-state index contributed by atoms with van der Waals surface area (Å²) in [5.41, 5.74) is 0. The summed E-state index contributed by atoms with van der Waals surface area (Å²) in [6, 6.07) is 0. The van der Waals surface area contributed by atoms with Crippen LogP contribution in [0.3, 0.4) is 0 Å². The van der Waals surface area contributed by atoms with E-state index in [1.807, 2.05) is 0 Å². The van der Waals surface area contributed by atoms with Crippen molar-refractivity contribution in [3.05, 3.63) is 0 Å². The minimum Gasteiger partial charge on any atom is -0.328 e. The summed E-state index contributed by atoms with van der Waals surface area (Å²) in [7, 11) is 4.67. The molecular formula is C17H37ClN+. The molecule has 0 bridgehead atoms. The second-order valence-corrected chi connectivity index (χ2v) is 6.99. The van der Waals surface area contributed by atoms with Crippen molar-refractivity contribution in [2.45, 2.75) is 77.6 Å². The summed E-state index contributed by atoms with van der Waals surface area (Å²) in [6.07, 6.45) is 15.4. The monoisotopic (exact) mass is 290 g/mol. The zero-order chi connectivity index (χ0) is 14.4. The van der Waals surface area contributed by atoms with E-state index in [0.717, 1.165) is 16.8 Å². The molecule has 0 radical (unpaired) electrons. The number of hydrogen-bond donors (Lipinski definition) is 0. The van der Waals surface area contributed by atoms with Crippen LogP contribution in [0.1, 0.15) is 77.6 Å². The molecule has 0 aliphatic carbocycles. The molecule has 0 aliphatic rings. The summed E-state index contributed by atoms with van der Waals surface area (Å²) in [5, 5.41) is 0. The van der Waals surface area contributed by atoms with E-state index in [2.05, 4.69) is 21.0 Å². The van der Waals surface area contributed by atoms with Crippen molar-refractivity contribution in [1.82, 2.24) is 0 Å². The first-order valence-corrected chi connectivity index (χ1v) is 9.04. The minimum atomic E-state index is 0.805. The average Bonchev–Trinajstić information content (AvgIpc) is 2.38. The Labute approximate surface area is 127 Å². The lowest BCUT2D eigenvalue weighted by Crippen LogP contribution is -2.41. The fraction of sp³-hybridized carbons (Fsp3) is 1.00. The third-order valence-corrected chi connectivity index (χ3v) is 4.28. The van der Waals surface area contributed by atoms with Crippen molar-refractivity contribution < 1.29 is 4.48 Å². The van der Waals surface area contributed by atoms with Crippen molar-refractivity contribution >= 4 is 11.6 Å². The first-order chi connectivity index (χ1) is 9.12. The number of halogens is 1. The fourth-order valence-corrected chi connectivity index (χ4v) is 2.75. The van der Waals surface area contributed by atoms with Crippen molar-refractivity contribution in [1.29, 1.82) is 0 Å². The Balaban J connectivity index is 3.21. The molecule has 0 rings (SSSR count). The van der Waals surface area contributed by atoms with Crippen LogP contribution in [0.25, 0.3) is 0 Å². The predicted molar refractivity (Wildman–Crippen MR) is 89.0 cm³/mol. The van der Waals surface area contributed by atoms with Crippen molar-refractivity contribution in [3.8, 4) is 0 Å². The average molecular weight is 291 g/mol. The lowest BCUT2D eigenvalue weighted by molar-refractivity contribution is -0.890. The third kappa shape index (κ3) is 14.5. The molecule has 0 aliphatic heterocycles. The molecule has 0 saturated carbocycles. The highest BCUT2D eigenvalue weighted by Crippen LogP contribution is 2.11. The molecule has 1 nitrogen and oxygen atoms in total. The van der Waals surface area contributed by atoms with Crippen LogP contribution in [-0.2, 0) is 0 Å². The molecule has 2 heteroatoms. The normalized spacial score (nSPS) is 12.0. The van der Waals surface area contributed by atoms with Gasteiger partial charge in [0.2, 0.25) is 0 Å². The lowest BCUT2D eigenvalue weighted by atomic mass is 10.1. The third-order valence-electron chi connectivity index (χ3n) is 4.01. The van der Waals surface area contributed by atoms with Gasteiger partial charge >= 0.3 is 0 Å². The van der Waals surface area contributed by atoms with E-state index in [1.165, 1.54) is 77.3 Å². The van der Waals surface area contributed by atoms with Gasteiger partial charge in [0.25, 0.3) is 0 Å². The van der Waals surface area contributed by atoms with Gasteiger partial charge in [-0.15, -0.1) is 11.6 Å². The lowest BCUT2D eigenvalue weighted by Gasteiger charge is -2.29. The van der Waals surface area contributed by atoms with Gasteiger partial charge in [-0.1, -0.05) is 58.3 Å². The number of hydrogen-bond acceptors (Lipinski definition) is 0. The molecule has 0 saturated heterocycles. The maximum absolute atomic E-state index is 5.76. The van der Waals surface area contributed by atoms with Crippen LogP contribution in [-0.4, -0.2) is 37.5 Å². The summed E-state index contributed by atoms with van der Waals surface area (Å²) < 4.78 is 1.14. The molecule has 0 aromatic carbocycles. The Kier molecular flexibility index (Phi) is 13.4. The second-order valence-electron chi connectivity index (χ2n) is 6.61. The summed E-state index contributed by atoms with van der Waals surface area (Å²) in [6.45, 7) is 4.82. The van der Waals surface area contributed by atoms with Gasteiger partial charge in [-0.25, -0.2) is 0 Å². The molecule has 0 spiro atoms. The standard InChI is InChI=1S/C17H37ClN/c1-4-5-6-7-8-9-10-11-12-13-16-19(2,3)17-14-15-18/h4-17H2,1-3H3/q+1. The molecule has 19 heavy (non-hydrogen) atoms. The number of alkyl halides is 1. The van der Waals surface area contributed by atoms with Crippen LogP contribution in [0, 0.1) is 0 Å². The minimum absolute atomic E-state index is 0.805. The topological polar surface area (TPSA) is 0 Å². The molecule has 0 aromatic heterocycles. The Morgan fingerprint density at radius 3 is 1.53 bits per heavy atom. The number of nitrogens with zero attached hydrogens (tertiary/aromatic N) is 1. The first-order valence-electron chi connectivity index (χ1n) is 8.50. The van der Waals surface area contributed by atoms with Gasteiger partial charge in [0.1, 0.15) is 0 Å². The van der Waals surface area contributed by atoms with E-state index in [-0.39, 0.29) is 0 Å². The Morgan fingerprint density at radius 2 is 1.05 bits per heavy atom. The Bertz CT molecular complexity index is 180. The Hall–Kier alpha value is 0.250. The van der Waals surface area contributed by atoms with Gasteiger partial charge in [0, 0.05) is 12.3 Å². The molecule has 0 unspecified atom stereocenters.